The van der Waals surface area contributed by atoms with E-state index in [1.807, 2.05) is 41.1 Å². The van der Waals surface area contributed by atoms with Crippen LogP contribution in [-0.2, 0) is 4.74 Å². The number of nitrogens with zero attached hydrogens (tertiary/aromatic N) is 4. The van der Waals surface area contributed by atoms with Crippen LogP contribution in [0.15, 0.2) is 47.3 Å². The van der Waals surface area contributed by atoms with Gasteiger partial charge in [-0.05, 0) is 59.0 Å². The van der Waals surface area contributed by atoms with E-state index in [0.717, 1.165) is 50.8 Å². The van der Waals surface area contributed by atoms with Crippen LogP contribution in [0.3, 0.4) is 0 Å². The minimum atomic E-state index is -0.930. The second-order valence-electron chi connectivity index (χ2n) is 9.99. The first kappa shape index (κ1) is 23.6. The standard InChI is InChI=1S/C26H29BrN6O3/c1-2-6-29-24-16-5-7-33(25(16)31-13-30-24)19-10-26(22(35)21(19)34)11-20(36-12-26)15-4-3-14-8-17(27)23(28)32-18(14)9-15/h3-5,7-9,13,19-22,34-35H,2,6,10-12H2,1H3,(H2,28,32)(H,29,30,31)/t19-,20+,21+,22+,26-/m1/s1. The van der Waals surface area contributed by atoms with Crippen LogP contribution in [0.1, 0.15) is 43.9 Å². The molecule has 36 heavy (non-hydrogen) atoms. The zero-order chi connectivity index (χ0) is 25.0. The highest BCUT2D eigenvalue weighted by molar-refractivity contribution is 9.10. The second-order valence-corrected chi connectivity index (χ2v) is 10.8. The third kappa shape index (κ3) is 3.75. The van der Waals surface area contributed by atoms with E-state index in [4.69, 9.17) is 10.5 Å². The van der Waals surface area contributed by atoms with E-state index >= 15 is 0 Å². The molecule has 1 spiro atoms. The first-order chi connectivity index (χ1) is 17.4. The van der Waals surface area contributed by atoms with Gasteiger partial charge >= 0.3 is 0 Å². The van der Waals surface area contributed by atoms with Crippen molar-refractivity contribution in [1.29, 1.82) is 0 Å². The largest absolute Gasteiger partial charge is 0.390 e. The average Bonchev–Trinajstić information content (AvgIpc) is 3.57. The van der Waals surface area contributed by atoms with Crippen LogP contribution >= 0.6 is 15.9 Å². The van der Waals surface area contributed by atoms with E-state index in [0.29, 0.717) is 25.3 Å². The molecule has 5 N–H and O–H groups in total. The molecule has 2 fully saturated rings. The second kappa shape index (κ2) is 8.95. The Labute approximate surface area is 216 Å². The molecule has 0 amide bonds. The van der Waals surface area contributed by atoms with Crippen molar-refractivity contribution >= 4 is 49.5 Å². The Morgan fingerprint density at radius 2 is 2.08 bits per heavy atom. The summed E-state index contributed by atoms with van der Waals surface area (Å²) in [5, 5.41) is 27.6. The van der Waals surface area contributed by atoms with Gasteiger partial charge in [0.2, 0.25) is 0 Å². The van der Waals surface area contributed by atoms with E-state index in [2.05, 4.69) is 43.1 Å². The van der Waals surface area contributed by atoms with Crippen molar-refractivity contribution in [2.24, 2.45) is 5.41 Å². The minimum Gasteiger partial charge on any atom is -0.390 e. The maximum atomic E-state index is 11.2. The van der Waals surface area contributed by atoms with E-state index in [-0.39, 0.29) is 12.1 Å². The summed E-state index contributed by atoms with van der Waals surface area (Å²) in [5.41, 5.74) is 7.97. The number of aromatic nitrogens is 4. The van der Waals surface area contributed by atoms with Gasteiger partial charge in [-0.15, -0.1) is 0 Å². The average molecular weight is 553 g/mol. The molecule has 0 bridgehead atoms. The minimum absolute atomic E-state index is 0.199. The zero-order valence-corrected chi connectivity index (χ0v) is 21.5. The van der Waals surface area contributed by atoms with Gasteiger partial charge < -0.3 is 30.6 Å². The predicted molar refractivity (Wildman–Crippen MR) is 142 cm³/mol. The molecule has 4 heterocycles. The predicted octanol–water partition coefficient (Wildman–Crippen LogP) is 3.96. The Morgan fingerprint density at radius 3 is 2.92 bits per heavy atom. The molecule has 10 heteroatoms. The van der Waals surface area contributed by atoms with E-state index in [1.165, 1.54) is 6.33 Å². The fraction of sp³-hybridized carbons (Fsp3) is 0.423. The van der Waals surface area contributed by atoms with E-state index in [1.54, 1.807) is 0 Å². The third-order valence-corrected chi connectivity index (χ3v) is 8.36. The number of aliphatic hydroxyl groups is 2. The summed E-state index contributed by atoms with van der Waals surface area (Å²) in [6, 6.07) is 9.65. The molecular weight excluding hydrogens is 524 g/mol. The van der Waals surface area contributed by atoms with Crippen molar-refractivity contribution in [3.63, 3.8) is 0 Å². The maximum absolute atomic E-state index is 11.2. The van der Waals surface area contributed by atoms with Gasteiger partial charge in [0, 0.05) is 23.5 Å². The van der Waals surface area contributed by atoms with Crippen LogP contribution in [-0.4, -0.2) is 55.1 Å². The number of fused-ring (bicyclic) bond motifs is 2. The normalized spacial score (nSPS) is 28.0. The molecule has 5 atom stereocenters. The van der Waals surface area contributed by atoms with Gasteiger partial charge in [-0.2, -0.15) is 0 Å². The maximum Gasteiger partial charge on any atom is 0.145 e. The van der Waals surface area contributed by atoms with Gasteiger partial charge in [0.25, 0.3) is 0 Å². The lowest BCUT2D eigenvalue weighted by molar-refractivity contribution is -0.0309. The molecule has 6 rings (SSSR count). The quantitative estimate of drug-likeness (QED) is 0.292. The highest BCUT2D eigenvalue weighted by Crippen LogP contribution is 2.55. The zero-order valence-electron chi connectivity index (χ0n) is 19.9. The number of ether oxygens (including phenoxy) is 1. The van der Waals surface area contributed by atoms with Crippen LogP contribution < -0.4 is 11.1 Å². The summed E-state index contributed by atoms with van der Waals surface area (Å²) in [5.74, 6) is 1.22. The molecule has 1 aliphatic carbocycles. The molecule has 0 radical (unpaired) electrons. The molecule has 188 valence electrons. The number of rotatable bonds is 5. The topological polar surface area (TPSA) is 131 Å². The first-order valence-electron chi connectivity index (χ1n) is 12.3. The molecule has 2 aliphatic rings. The van der Waals surface area contributed by atoms with Crippen molar-refractivity contribution in [3.8, 4) is 0 Å². The highest BCUT2D eigenvalue weighted by atomic mass is 79.9. The first-order valence-corrected chi connectivity index (χ1v) is 13.1. The fourth-order valence-corrected chi connectivity index (χ4v) is 6.14. The van der Waals surface area contributed by atoms with Crippen molar-refractivity contribution in [3.05, 3.63) is 52.9 Å². The van der Waals surface area contributed by atoms with Gasteiger partial charge in [-0.25, -0.2) is 15.0 Å². The number of nitrogen functional groups attached to an aromatic ring is 1. The lowest BCUT2D eigenvalue weighted by Crippen LogP contribution is -2.37. The molecule has 1 aliphatic heterocycles. The van der Waals surface area contributed by atoms with Crippen LogP contribution in [0.25, 0.3) is 21.9 Å². The number of benzene rings is 1. The van der Waals surface area contributed by atoms with Crippen LogP contribution in [0.2, 0.25) is 0 Å². The molecule has 1 aromatic carbocycles. The van der Waals surface area contributed by atoms with Crippen LogP contribution in [0.4, 0.5) is 11.6 Å². The molecule has 1 saturated carbocycles. The van der Waals surface area contributed by atoms with Crippen molar-refractivity contribution < 1.29 is 14.9 Å². The van der Waals surface area contributed by atoms with E-state index < -0.39 is 17.6 Å². The van der Waals surface area contributed by atoms with Crippen LogP contribution in [0, 0.1) is 5.41 Å². The Morgan fingerprint density at radius 1 is 1.22 bits per heavy atom. The summed E-state index contributed by atoms with van der Waals surface area (Å²) in [4.78, 5) is 13.4. The van der Waals surface area contributed by atoms with Crippen molar-refractivity contribution in [2.45, 2.75) is 50.5 Å². The molecule has 0 unspecified atom stereocenters. The highest BCUT2D eigenvalue weighted by Gasteiger charge is 2.57. The number of hydrogen-bond donors (Lipinski definition) is 4. The number of nitrogens with two attached hydrogens (primary N) is 1. The lowest BCUT2D eigenvalue weighted by Gasteiger charge is -2.26. The summed E-state index contributed by atoms with van der Waals surface area (Å²) in [6.07, 6.45) is 3.62. The fourth-order valence-electron chi connectivity index (χ4n) is 5.81. The van der Waals surface area contributed by atoms with Gasteiger partial charge in [-0.3, -0.25) is 0 Å². The number of aliphatic hydroxyl groups excluding tert-OH is 2. The molecule has 4 aromatic rings. The number of hydrogen-bond acceptors (Lipinski definition) is 8. The summed E-state index contributed by atoms with van der Waals surface area (Å²) >= 11 is 3.43. The summed E-state index contributed by atoms with van der Waals surface area (Å²) in [7, 11) is 0. The van der Waals surface area contributed by atoms with E-state index in [9.17, 15) is 10.2 Å². The number of anilines is 2. The summed E-state index contributed by atoms with van der Waals surface area (Å²) < 4.78 is 8.98. The van der Waals surface area contributed by atoms with Gasteiger partial charge in [-0.1, -0.05) is 19.1 Å². The summed E-state index contributed by atoms with van der Waals surface area (Å²) in [6.45, 7) is 3.29. The molecule has 3 aromatic heterocycles. The van der Waals surface area contributed by atoms with Gasteiger partial charge in [0.05, 0.1) is 40.2 Å². The Balaban J connectivity index is 1.27. The van der Waals surface area contributed by atoms with Gasteiger partial charge in [0.1, 0.15) is 29.7 Å². The van der Waals surface area contributed by atoms with Crippen LogP contribution in [0.5, 0.6) is 0 Å². The van der Waals surface area contributed by atoms with Crippen molar-refractivity contribution in [1.82, 2.24) is 19.5 Å². The Kier molecular flexibility index (Phi) is 5.87. The monoisotopic (exact) mass is 552 g/mol. The third-order valence-electron chi connectivity index (χ3n) is 7.73. The SMILES string of the molecule is CCCNc1ncnc2c1ccn2[C@@H]1C[C@@]2(CO[C@H](c3ccc4cc(Br)c(N)nc4c3)C2)[C@@H](O)[C@H]1O. The lowest BCUT2D eigenvalue weighted by atomic mass is 9.80. The number of nitrogens with one attached hydrogen (secondary N) is 1. The number of pyridine rings is 1. The van der Waals surface area contributed by atoms with Gasteiger partial charge in [0.15, 0.2) is 0 Å². The molecular formula is C26H29BrN6O3. The van der Waals surface area contributed by atoms with Crippen molar-refractivity contribution in [2.75, 3.05) is 24.2 Å². The molecule has 9 nitrogen and oxygen atoms in total. The Bertz CT molecular complexity index is 1440. The number of halogens is 1. The molecule has 1 saturated heterocycles. The smallest absolute Gasteiger partial charge is 0.145 e. The Hall–Kier alpha value is -2.79.